The van der Waals surface area contributed by atoms with Crippen LogP contribution >= 0.6 is 0 Å². The Kier molecular flexibility index (Phi) is 7.63. The Labute approximate surface area is 213 Å². The van der Waals surface area contributed by atoms with Gasteiger partial charge in [-0.25, -0.2) is 17.6 Å². The summed E-state index contributed by atoms with van der Waals surface area (Å²) < 4.78 is 57.7. The highest BCUT2D eigenvalue weighted by atomic mass is 32.2. The molecular weight excluding hydrogens is 503 g/mol. The van der Waals surface area contributed by atoms with Crippen LogP contribution in [0, 0.1) is 12.7 Å². The summed E-state index contributed by atoms with van der Waals surface area (Å²) in [7, 11) is -4.27. The van der Waals surface area contributed by atoms with Crippen LogP contribution in [0.5, 0.6) is 11.5 Å². The average molecular weight is 529 g/mol. The summed E-state index contributed by atoms with van der Waals surface area (Å²) in [4.78, 5) is 24.9. The first-order valence-corrected chi connectivity index (χ1v) is 12.9. The molecule has 4 rings (SSSR count). The first kappa shape index (κ1) is 26.0. The maximum atomic E-state index is 13.6. The van der Waals surface area contributed by atoms with Crippen LogP contribution in [0.1, 0.15) is 22.8 Å². The third-order valence-corrected chi connectivity index (χ3v) is 7.28. The van der Waals surface area contributed by atoms with Gasteiger partial charge < -0.3 is 19.5 Å². The number of aryl methyl sites for hydroxylation is 1. The highest BCUT2D eigenvalue weighted by molar-refractivity contribution is 7.92. The molecule has 0 aliphatic carbocycles. The molecule has 0 radical (unpaired) electrons. The lowest BCUT2D eigenvalue weighted by atomic mass is 10.1. The largest absolute Gasteiger partial charge is 0.486 e. The maximum absolute atomic E-state index is 13.6. The lowest BCUT2D eigenvalue weighted by Crippen LogP contribution is -2.38. The Hall–Kier alpha value is -4.12. The molecule has 0 saturated heterocycles. The van der Waals surface area contributed by atoms with Gasteiger partial charge in [0.15, 0.2) is 11.5 Å². The number of anilines is 2. The third kappa shape index (κ3) is 5.83. The van der Waals surface area contributed by atoms with Gasteiger partial charge in [-0.2, -0.15) is 0 Å². The number of halogens is 1. The standard InChI is InChI=1S/C26H25FN2O7S/c1-3-34-26(31)18-4-10-22(17(2)14-18)28-25(30)16-29(20-7-5-19(27)6-8-20)37(32,33)21-9-11-23-24(15-21)36-13-12-35-23/h4-11,14-15H,3,12-13,16H2,1-2H3,(H,28,30). The van der Waals surface area contributed by atoms with Crippen LogP contribution in [0.2, 0.25) is 0 Å². The molecule has 1 heterocycles. The molecule has 1 amide bonds. The van der Waals surface area contributed by atoms with Crippen LogP contribution in [0.25, 0.3) is 0 Å². The minimum atomic E-state index is -4.27. The van der Waals surface area contributed by atoms with Gasteiger partial charge in [-0.05, 0) is 74.0 Å². The fraction of sp³-hybridized carbons (Fsp3) is 0.231. The van der Waals surface area contributed by atoms with E-state index in [1.54, 1.807) is 19.9 Å². The normalized spacial score (nSPS) is 12.5. The summed E-state index contributed by atoms with van der Waals surface area (Å²) in [5, 5.41) is 2.68. The number of hydrogen-bond donors (Lipinski definition) is 1. The summed E-state index contributed by atoms with van der Waals surface area (Å²) in [6.45, 7) is 3.65. The van der Waals surface area contributed by atoms with Crippen LogP contribution in [0.3, 0.4) is 0 Å². The molecule has 0 bridgehead atoms. The van der Waals surface area contributed by atoms with Gasteiger partial charge in [-0.3, -0.25) is 9.10 Å². The van der Waals surface area contributed by atoms with E-state index >= 15 is 0 Å². The number of ether oxygens (including phenoxy) is 3. The molecule has 0 saturated carbocycles. The van der Waals surface area contributed by atoms with E-state index in [1.165, 1.54) is 42.5 Å². The van der Waals surface area contributed by atoms with Gasteiger partial charge in [0.05, 0.1) is 22.8 Å². The Morgan fingerprint density at radius 2 is 1.70 bits per heavy atom. The van der Waals surface area contributed by atoms with Gasteiger partial charge in [0, 0.05) is 11.8 Å². The van der Waals surface area contributed by atoms with Crippen molar-refractivity contribution in [1.29, 1.82) is 0 Å². The van der Waals surface area contributed by atoms with E-state index in [0.29, 0.717) is 29.2 Å². The lowest BCUT2D eigenvalue weighted by molar-refractivity contribution is -0.114. The predicted octanol–water partition coefficient (Wildman–Crippen LogP) is 3.92. The molecule has 0 fully saturated rings. The Bertz CT molecular complexity index is 1430. The number of sulfonamides is 1. The van der Waals surface area contributed by atoms with Gasteiger partial charge in [0.1, 0.15) is 25.6 Å². The van der Waals surface area contributed by atoms with Gasteiger partial charge in [0.2, 0.25) is 5.91 Å². The number of carbonyl (C=O) groups excluding carboxylic acids is 2. The van der Waals surface area contributed by atoms with Crippen molar-refractivity contribution < 1.29 is 36.6 Å². The number of hydrogen-bond acceptors (Lipinski definition) is 7. The average Bonchev–Trinajstić information content (AvgIpc) is 2.89. The Morgan fingerprint density at radius 3 is 2.38 bits per heavy atom. The van der Waals surface area contributed by atoms with Gasteiger partial charge in [-0.15, -0.1) is 0 Å². The predicted molar refractivity (Wildman–Crippen MR) is 134 cm³/mol. The van der Waals surface area contributed by atoms with Crippen LogP contribution in [0.4, 0.5) is 15.8 Å². The molecule has 194 valence electrons. The molecule has 3 aromatic carbocycles. The van der Waals surface area contributed by atoms with Crippen molar-refractivity contribution in [2.75, 3.05) is 36.0 Å². The first-order chi connectivity index (χ1) is 17.7. The van der Waals surface area contributed by atoms with E-state index in [-0.39, 0.29) is 29.5 Å². The van der Waals surface area contributed by atoms with Crippen molar-refractivity contribution in [2.24, 2.45) is 0 Å². The molecule has 37 heavy (non-hydrogen) atoms. The quantitative estimate of drug-likeness (QED) is 0.441. The SMILES string of the molecule is CCOC(=O)c1ccc(NC(=O)CN(c2ccc(F)cc2)S(=O)(=O)c2ccc3c(c2)OCCO3)c(C)c1. The van der Waals surface area contributed by atoms with Crippen LogP contribution in [-0.2, 0) is 19.6 Å². The summed E-state index contributed by atoms with van der Waals surface area (Å²) in [6, 6.07) is 13.5. The highest BCUT2D eigenvalue weighted by Crippen LogP contribution is 2.34. The molecule has 0 unspecified atom stereocenters. The van der Waals surface area contributed by atoms with Gasteiger partial charge in [-0.1, -0.05) is 0 Å². The zero-order valence-corrected chi connectivity index (χ0v) is 21.0. The molecule has 9 nitrogen and oxygen atoms in total. The van der Waals surface area contributed by atoms with E-state index in [0.717, 1.165) is 16.4 Å². The minimum Gasteiger partial charge on any atom is -0.486 e. The highest BCUT2D eigenvalue weighted by Gasteiger charge is 2.29. The van der Waals surface area contributed by atoms with Gasteiger partial charge in [0.25, 0.3) is 10.0 Å². The van der Waals surface area contributed by atoms with E-state index in [4.69, 9.17) is 14.2 Å². The molecule has 1 aliphatic heterocycles. The zero-order chi connectivity index (χ0) is 26.6. The Morgan fingerprint density at radius 1 is 1.00 bits per heavy atom. The molecule has 0 aromatic heterocycles. The molecule has 3 aromatic rings. The summed E-state index contributed by atoms with van der Waals surface area (Å²) in [5.74, 6) is -0.998. The number of rotatable bonds is 8. The molecule has 0 atom stereocenters. The van der Waals surface area contributed by atoms with Crippen molar-refractivity contribution in [3.8, 4) is 11.5 Å². The third-order valence-electron chi connectivity index (χ3n) is 5.52. The number of esters is 1. The van der Waals surface area contributed by atoms with Crippen LogP contribution in [-0.4, -0.2) is 46.7 Å². The zero-order valence-electron chi connectivity index (χ0n) is 20.2. The van der Waals surface area contributed by atoms with E-state index < -0.39 is 34.3 Å². The van der Waals surface area contributed by atoms with Crippen LogP contribution < -0.4 is 19.1 Å². The fourth-order valence-electron chi connectivity index (χ4n) is 3.70. The lowest BCUT2D eigenvalue weighted by Gasteiger charge is -2.25. The Balaban J connectivity index is 1.61. The molecule has 1 aliphatic rings. The van der Waals surface area contributed by atoms with Crippen molar-refractivity contribution >= 4 is 33.3 Å². The number of amides is 1. The maximum Gasteiger partial charge on any atom is 0.338 e. The summed E-state index contributed by atoms with van der Waals surface area (Å²) >= 11 is 0. The number of carbonyl (C=O) groups is 2. The van der Waals surface area contributed by atoms with E-state index in [2.05, 4.69) is 5.32 Å². The van der Waals surface area contributed by atoms with Crippen LogP contribution in [0.15, 0.2) is 65.6 Å². The molecule has 11 heteroatoms. The second kappa shape index (κ2) is 10.9. The van der Waals surface area contributed by atoms with Crippen molar-refractivity contribution in [3.05, 3.63) is 77.6 Å². The number of nitrogens with one attached hydrogen (secondary N) is 1. The van der Waals surface area contributed by atoms with E-state index in [9.17, 15) is 22.4 Å². The number of fused-ring (bicyclic) bond motifs is 1. The summed E-state index contributed by atoms with van der Waals surface area (Å²) in [6.07, 6.45) is 0. The monoisotopic (exact) mass is 528 g/mol. The smallest absolute Gasteiger partial charge is 0.338 e. The van der Waals surface area contributed by atoms with E-state index in [1.807, 2.05) is 0 Å². The molecular formula is C26H25FN2O7S. The minimum absolute atomic E-state index is 0.0980. The first-order valence-electron chi connectivity index (χ1n) is 11.4. The molecule has 1 N–H and O–H groups in total. The summed E-state index contributed by atoms with van der Waals surface area (Å²) in [5.41, 5.74) is 1.41. The second-order valence-electron chi connectivity index (χ2n) is 8.09. The molecule has 0 spiro atoms. The van der Waals surface area contributed by atoms with Crippen molar-refractivity contribution in [1.82, 2.24) is 0 Å². The fourth-order valence-corrected chi connectivity index (χ4v) is 5.14. The number of benzene rings is 3. The van der Waals surface area contributed by atoms with Crippen molar-refractivity contribution in [3.63, 3.8) is 0 Å². The second-order valence-corrected chi connectivity index (χ2v) is 9.95. The van der Waals surface area contributed by atoms with Crippen molar-refractivity contribution in [2.45, 2.75) is 18.7 Å². The van der Waals surface area contributed by atoms with Gasteiger partial charge >= 0.3 is 5.97 Å². The topological polar surface area (TPSA) is 111 Å². The number of nitrogens with zero attached hydrogens (tertiary/aromatic N) is 1.